The zero-order valence-electron chi connectivity index (χ0n) is 9.30. The van der Waals surface area contributed by atoms with Gasteiger partial charge in [-0.2, -0.15) is 0 Å². The van der Waals surface area contributed by atoms with Crippen LogP contribution in [0.4, 0.5) is 4.39 Å². The molecule has 0 saturated carbocycles. The lowest BCUT2D eigenvalue weighted by Gasteiger charge is -2.13. The maximum atomic E-state index is 13.4. The Morgan fingerprint density at radius 2 is 1.89 bits per heavy atom. The van der Waals surface area contributed by atoms with E-state index in [2.05, 4.69) is 0 Å². The highest BCUT2D eigenvalue weighted by atomic mass is 33.1. The second-order valence-electron chi connectivity index (χ2n) is 3.47. The molecule has 0 amide bonds. The van der Waals surface area contributed by atoms with E-state index in [1.165, 1.54) is 39.8 Å². The van der Waals surface area contributed by atoms with Gasteiger partial charge in [-0.15, -0.1) is 0 Å². The Bertz CT molecular complexity index is 480. The molecule has 0 aromatic heterocycles. The molecule has 1 aliphatic heterocycles. The van der Waals surface area contributed by atoms with E-state index >= 15 is 0 Å². The van der Waals surface area contributed by atoms with Crippen LogP contribution in [0.1, 0.15) is 0 Å². The SMILES string of the molecule is OCC1=CC=C(COc2c(O)cccc2F)SS1. The van der Waals surface area contributed by atoms with Gasteiger partial charge in [0, 0.05) is 9.81 Å². The van der Waals surface area contributed by atoms with E-state index in [0.717, 1.165) is 9.81 Å². The average Bonchev–Trinajstić information content (AvgIpc) is 2.39. The number of rotatable bonds is 4. The van der Waals surface area contributed by atoms with Crippen LogP contribution in [0.3, 0.4) is 0 Å². The lowest BCUT2D eigenvalue weighted by Crippen LogP contribution is -2.01. The molecule has 0 aliphatic carbocycles. The fourth-order valence-electron chi connectivity index (χ4n) is 1.28. The smallest absolute Gasteiger partial charge is 0.197 e. The molecule has 3 nitrogen and oxygen atoms in total. The summed E-state index contributed by atoms with van der Waals surface area (Å²) < 4.78 is 18.6. The number of para-hydroxylation sites is 1. The first-order valence-electron chi connectivity index (χ1n) is 5.16. The molecule has 0 atom stereocenters. The summed E-state index contributed by atoms with van der Waals surface area (Å²) in [5, 5.41) is 18.4. The minimum atomic E-state index is -0.587. The Morgan fingerprint density at radius 1 is 1.17 bits per heavy atom. The molecule has 1 aliphatic rings. The standard InChI is InChI=1S/C12H11FO3S2/c13-10-2-1-3-11(15)12(10)16-7-9-5-4-8(6-14)17-18-9/h1-5,14-15H,6-7H2. The van der Waals surface area contributed by atoms with Gasteiger partial charge in [0.05, 0.1) is 6.61 Å². The summed E-state index contributed by atoms with van der Waals surface area (Å²) in [5.41, 5.74) is 0. The summed E-state index contributed by atoms with van der Waals surface area (Å²) in [6, 6.07) is 4.02. The number of phenolic OH excluding ortho intramolecular Hbond substituents is 1. The van der Waals surface area contributed by atoms with E-state index in [0.29, 0.717) is 0 Å². The summed E-state index contributed by atoms with van der Waals surface area (Å²) in [6.45, 7) is 0.192. The highest BCUT2D eigenvalue weighted by Gasteiger charge is 2.12. The van der Waals surface area contributed by atoms with Crippen LogP contribution >= 0.6 is 21.6 Å². The Hall–Kier alpha value is -1.11. The van der Waals surface area contributed by atoms with Crippen LogP contribution in [0, 0.1) is 5.82 Å². The molecule has 1 aromatic carbocycles. The van der Waals surface area contributed by atoms with Crippen LogP contribution in [0.25, 0.3) is 0 Å². The number of benzene rings is 1. The van der Waals surface area contributed by atoms with E-state index in [4.69, 9.17) is 9.84 Å². The topological polar surface area (TPSA) is 49.7 Å². The summed E-state index contributed by atoms with van der Waals surface area (Å²) in [4.78, 5) is 1.75. The predicted octanol–water partition coefficient (Wildman–Crippen LogP) is 3.07. The number of phenols is 1. The van der Waals surface area contributed by atoms with Gasteiger partial charge in [0.2, 0.25) is 0 Å². The van der Waals surface area contributed by atoms with Gasteiger partial charge < -0.3 is 14.9 Å². The maximum Gasteiger partial charge on any atom is 0.197 e. The Kier molecular flexibility index (Phi) is 4.57. The van der Waals surface area contributed by atoms with Crippen molar-refractivity contribution in [3.63, 3.8) is 0 Å². The van der Waals surface area contributed by atoms with Crippen molar-refractivity contribution in [2.24, 2.45) is 0 Å². The number of aromatic hydroxyl groups is 1. The summed E-state index contributed by atoms with van der Waals surface area (Å²) in [7, 11) is 2.89. The van der Waals surface area contributed by atoms with Crippen molar-refractivity contribution >= 4 is 21.6 Å². The third kappa shape index (κ3) is 3.22. The van der Waals surface area contributed by atoms with Crippen LogP contribution in [-0.2, 0) is 0 Å². The minimum Gasteiger partial charge on any atom is -0.504 e. The zero-order chi connectivity index (χ0) is 13.0. The zero-order valence-corrected chi connectivity index (χ0v) is 10.9. The van der Waals surface area contributed by atoms with E-state index < -0.39 is 5.82 Å². The molecule has 2 N–H and O–H groups in total. The Morgan fingerprint density at radius 3 is 2.50 bits per heavy atom. The molecule has 0 bridgehead atoms. The fourth-order valence-corrected chi connectivity index (χ4v) is 3.18. The van der Waals surface area contributed by atoms with Gasteiger partial charge in [0.15, 0.2) is 17.3 Å². The van der Waals surface area contributed by atoms with E-state index in [1.54, 1.807) is 6.08 Å². The average molecular weight is 286 g/mol. The highest BCUT2D eigenvalue weighted by Crippen LogP contribution is 2.40. The lowest BCUT2D eigenvalue weighted by atomic mass is 10.3. The Balaban J connectivity index is 2.01. The van der Waals surface area contributed by atoms with Gasteiger partial charge in [-0.25, -0.2) is 4.39 Å². The molecule has 18 heavy (non-hydrogen) atoms. The molecule has 96 valence electrons. The van der Waals surface area contributed by atoms with Crippen molar-refractivity contribution in [3.8, 4) is 11.5 Å². The van der Waals surface area contributed by atoms with Gasteiger partial charge in [0.25, 0.3) is 0 Å². The van der Waals surface area contributed by atoms with Crippen molar-refractivity contribution in [1.82, 2.24) is 0 Å². The number of halogens is 1. The largest absolute Gasteiger partial charge is 0.504 e. The third-order valence-electron chi connectivity index (χ3n) is 2.17. The van der Waals surface area contributed by atoms with Crippen LogP contribution in [0.15, 0.2) is 40.2 Å². The van der Waals surface area contributed by atoms with E-state index in [9.17, 15) is 9.50 Å². The van der Waals surface area contributed by atoms with Crippen LogP contribution in [0.2, 0.25) is 0 Å². The lowest BCUT2D eigenvalue weighted by molar-refractivity contribution is 0.315. The quantitative estimate of drug-likeness (QED) is 0.833. The molecular weight excluding hydrogens is 275 g/mol. The van der Waals surface area contributed by atoms with Gasteiger partial charge in [-0.3, -0.25) is 0 Å². The van der Waals surface area contributed by atoms with Gasteiger partial charge in [-0.05, 0) is 24.3 Å². The van der Waals surface area contributed by atoms with E-state index in [-0.39, 0.29) is 24.7 Å². The molecule has 0 unspecified atom stereocenters. The number of aliphatic hydroxyl groups excluding tert-OH is 1. The maximum absolute atomic E-state index is 13.4. The third-order valence-corrected chi connectivity index (χ3v) is 4.74. The summed E-state index contributed by atoms with van der Waals surface area (Å²) >= 11 is 0. The van der Waals surface area contributed by atoms with Crippen molar-refractivity contribution in [2.75, 3.05) is 13.2 Å². The fraction of sp³-hybridized carbons (Fsp3) is 0.167. The predicted molar refractivity (Wildman–Crippen MR) is 72.0 cm³/mol. The number of hydrogen-bond donors (Lipinski definition) is 2. The first-order chi connectivity index (χ1) is 8.70. The minimum absolute atomic E-state index is 0.0103. The first kappa shape index (κ1) is 13.3. The molecule has 6 heteroatoms. The molecule has 0 saturated heterocycles. The number of ether oxygens (including phenoxy) is 1. The Labute approximate surface area is 112 Å². The summed E-state index contributed by atoms with van der Waals surface area (Å²) in [5.74, 6) is -0.938. The monoisotopic (exact) mass is 286 g/mol. The van der Waals surface area contributed by atoms with E-state index in [1.807, 2.05) is 6.08 Å². The first-order valence-corrected chi connectivity index (χ1v) is 7.31. The molecule has 2 rings (SSSR count). The molecule has 0 radical (unpaired) electrons. The van der Waals surface area contributed by atoms with Gasteiger partial charge in [0.1, 0.15) is 6.61 Å². The number of hydrogen-bond acceptors (Lipinski definition) is 5. The van der Waals surface area contributed by atoms with Crippen molar-refractivity contribution < 1.29 is 19.3 Å². The molecule has 1 heterocycles. The molecule has 1 aromatic rings. The van der Waals surface area contributed by atoms with Gasteiger partial charge in [-0.1, -0.05) is 27.7 Å². The number of aliphatic hydroxyl groups is 1. The van der Waals surface area contributed by atoms with Crippen LogP contribution in [-0.4, -0.2) is 23.4 Å². The highest BCUT2D eigenvalue weighted by molar-refractivity contribution is 8.79. The summed E-state index contributed by atoms with van der Waals surface area (Å²) in [6.07, 6.45) is 3.60. The van der Waals surface area contributed by atoms with Crippen molar-refractivity contribution in [1.29, 1.82) is 0 Å². The normalized spacial score (nSPS) is 15.0. The number of allylic oxidation sites excluding steroid dienone is 2. The van der Waals surface area contributed by atoms with Crippen LogP contribution in [0.5, 0.6) is 11.5 Å². The molecule has 0 spiro atoms. The van der Waals surface area contributed by atoms with Gasteiger partial charge >= 0.3 is 0 Å². The second kappa shape index (κ2) is 6.17. The molecular formula is C12H11FO3S2. The van der Waals surface area contributed by atoms with Crippen molar-refractivity contribution in [2.45, 2.75) is 0 Å². The van der Waals surface area contributed by atoms with Crippen molar-refractivity contribution in [3.05, 3.63) is 46.0 Å². The molecule has 0 fully saturated rings. The van der Waals surface area contributed by atoms with Crippen LogP contribution < -0.4 is 4.74 Å². The second-order valence-corrected chi connectivity index (χ2v) is 5.85.